The molecule has 2 aromatic heterocycles. The minimum absolute atomic E-state index is 0.405. The number of nitrogens with zero attached hydrogens (tertiary/aromatic N) is 3. The summed E-state index contributed by atoms with van der Waals surface area (Å²) in [5.74, 6) is 0.975. The zero-order chi connectivity index (χ0) is 34.7. The van der Waals surface area contributed by atoms with E-state index in [0.29, 0.717) is 18.7 Å². The normalized spacial score (nSPS) is 14.3. The first-order chi connectivity index (χ1) is 25.0. The van der Waals surface area contributed by atoms with Crippen molar-refractivity contribution in [1.82, 2.24) is 19.7 Å². The SMILES string of the molecule is CC(C)n1cc(CCN(C)C2CCc3ccc4c(cc(OCc5ccccc5)c5ccccc54)c3C2)cn1.c1ccc2c(c1)[nH]c1ccccc12. The molecule has 0 radical (unpaired) electrons. The van der Waals surface area contributed by atoms with E-state index in [9.17, 15) is 0 Å². The third-order valence-electron chi connectivity index (χ3n) is 10.6. The predicted molar refractivity (Wildman–Crippen MR) is 213 cm³/mol. The maximum absolute atomic E-state index is 6.47. The standard InChI is InChI=1S/C34H37N3O.C12H9N/c1-24(2)37-22-26(21-35-37)17-18-36(3)28-15-13-27-14-16-30-29-11-7-8-12-31(29)34(20-33(30)32(27)19-28)38-23-25-9-5-4-6-10-25;1-3-7-11-9(5-1)10-6-2-4-8-12(10)13-11/h4-12,14,16,20-22,24,28H,13,15,17-19,23H2,1-3H3;1-8,13H. The van der Waals surface area contributed by atoms with Crippen molar-refractivity contribution in [3.8, 4) is 5.75 Å². The molecule has 256 valence electrons. The number of hydrogen-bond acceptors (Lipinski definition) is 3. The highest BCUT2D eigenvalue weighted by Gasteiger charge is 2.25. The van der Waals surface area contributed by atoms with Gasteiger partial charge in [-0.3, -0.25) is 4.68 Å². The van der Waals surface area contributed by atoms with Crippen molar-refractivity contribution in [2.75, 3.05) is 13.6 Å². The van der Waals surface area contributed by atoms with E-state index < -0.39 is 0 Å². The Morgan fingerprint density at radius 2 is 1.39 bits per heavy atom. The molecular weight excluding hydrogens is 625 g/mol. The highest BCUT2D eigenvalue weighted by molar-refractivity contribution is 6.11. The lowest BCUT2D eigenvalue weighted by molar-refractivity contribution is 0.225. The molecule has 1 N–H and O–H groups in total. The molecule has 8 aromatic rings. The van der Waals surface area contributed by atoms with Crippen LogP contribution in [0.15, 0.2) is 134 Å². The summed E-state index contributed by atoms with van der Waals surface area (Å²) in [4.78, 5) is 5.94. The number of benzene rings is 6. The quantitative estimate of drug-likeness (QED) is 0.164. The van der Waals surface area contributed by atoms with E-state index in [1.54, 1.807) is 0 Å². The monoisotopic (exact) mass is 670 g/mol. The summed E-state index contributed by atoms with van der Waals surface area (Å²) < 4.78 is 8.52. The number of H-pyrrole nitrogens is 1. The van der Waals surface area contributed by atoms with E-state index in [-0.39, 0.29) is 0 Å². The van der Waals surface area contributed by atoms with Crippen molar-refractivity contribution in [2.45, 2.75) is 58.2 Å². The average molecular weight is 671 g/mol. The first-order valence-electron chi connectivity index (χ1n) is 18.3. The van der Waals surface area contributed by atoms with Crippen LogP contribution in [-0.2, 0) is 25.9 Å². The van der Waals surface area contributed by atoms with E-state index in [4.69, 9.17) is 4.74 Å². The van der Waals surface area contributed by atoms with Crippen LogP contribution in [0.3, 0.4) is 0 Å². The van der Waals surface area contributed by atoms with Crippen molar-refractivity contribution in [3.63, 3.8) is 0 Å². The fourth-order valence-electron chi connectivity index (χ4n) is 7.69. The van der Waals surface area contributed by atoms with Crippen LogP contribution < -0.4 is 4.74 Å². The fourth-order valence-corrected chi connectivity index (χ4v) is 7.69. The topological polar surface area (TPSA) is 46.1 Å². The minimum Gasteiger partial charge on any atom is -0.488 e. The molecule has 1 unspecified atom stereocenters. The summed E-state index contributed by atoms with van der Waals surface area (Å²) in [6.07, 6.45) is 8.66. The van der Waals surface area contributed by atoms with Gasteiger partial charge in [0.25, 0.3) is 0 Å². The molecule has 0 saturated carbocycles. The Labute approximate surface area is 300 Å². The molecule has 1 aliphatic carbocycles. The lowest BCUT2D eigenvalue weighted by Crippen LogP contribution is -2.37. The first-order valence-corrected chi connectivity index (χ1v) is 18.3. The molecule has 0 saturated heterocycles. The molecule has 1 atom stereocenters. The van der Waals surface area contributed by atoms with E-state index in [1.807, 2.05) is 12.3 Å². The molecule has 5 heteroatoms. The first kappa shape index (κ1) is 32.8. The smallest absolute Gasteiger partial charge is 0.128 e. The zero-order valence-corrected chi connectivity index (χ0v) is 29.8. The Morgan fingerprint density at radius 1 is 0.745 bits per heavy atom. The van der Waals surface area contributed by atoms with Crippen LogP contribution in [0.4, 0.5) is 0 Å². The van der Waals surface area contributed by atoms with Gasteiger partial charge in [0.15, 0.2) is 0 Å². The number of likely N-dealkylation sites (N-methyl/N-ethyl adjacent to an activating group) is 1. The number of aromatic nitrogens is 3. The van der Waals surface area contributed by atoms with Crippen LogP contribution in [0.25, 0.3) is 43.4 Å². The van der Waals surface area contributed by atoms with E-state index in [1.165, 1.54) is 72.0 Å². The minimum atomic E-state index is 0.405. The van der Waals surface area contributed by atoms with E-state index in [2.05, 4.69) is 162 Å². The molecule has 0 spiro atoms. The van der Waals surface area contributed by atoms with Gasteiger partial charge in [0.2, 0.25) is 0 Å². The van der Waals surface area contributed by atoms with Crippen molar-refractivity contribution in [3.05, 3.63) is 156 Å². The molecule has 51 heavy (non-hydrogen) atoms. The highest BCUT2D eigenvalue weighted by atomic mass is 16.5. The van der Waals surface area contributed by atoms with Gasteiger partial charge in [-0.1, -0.05) is 103 Å². The van der Waals surface area contributed by atoms with Crippen LogP contribution in [0, 0.1) is 0 Å². The van der Waals surface area contributed by atoms with Gasteiger partial charge in [0.05, 0.1) is 6.20 Å². The number of rotatable bonds is 8. The number of aromatic amines is 1. The van der Waals surface area contributed by atoms with Gasteiger partial charge in [-0.2, -0.15) is 5.10 Å². The van der Waals surface area contributed by atoms with Gasteiger partial charge in [0.1, 0.15) is 12.4 Å². The molecule has 0 fully saturated rings. The molecule has 2 heterocycles. The van der Waals surface area contributed by atoms with Crippen LogP contribution >= 0.6 is 0 Å². The molecule has 9 rings (SSSR count). The van der Waals surface area contributed by atoms with Gasteiger partial charge in [-0.25, -0.2) is 0 Å². The summed E-state index contributed by atoms with van der Waals surface area (Å²) in [5.41, 5.74) is 7.91. The molecule has 0 amide bonds. The second-order valence-corrected chi connectivity index (χ2v) is 14.3. The van der Waals surface area contributed by atoms with Crippen LogP contribution in [0.1, 0.15) is 48.6 Å². The Morgan fingerprint density at radius 3 is 2.10 bits per heavy atom. The summed E-state index contributed by atoms with van der Waals surface area (Å²) >= 11 is 0. The molecule has 0 aliphatic heterocycles. The van der Waals surface area contributed by atoms with Crippen LogP contribution in [-0.4, -0.2) is 39.3 Å². The Balaban J connectivity index is 0.000000239. The summed E-state index contributed by atoms with van der Waals surface area (Å²) in [6, 6.07) is 43.8. The van der Waals surface area contributed by atoms with E-state index in [0.717, 1.165) is 31.6 Å². The molecular formula is C46H46N4O. The van der Waals surface area contributed by atoms with Crippen molar-refractivity contribution >= 4 is 43.4 Å². The van der Waals surface area contributed by atoms with Crippen molar-refractivity contribution < 1.29 is 4.74 Å². The second kappa shape index (κ2) is 14.5. The Hall–Kier alpha value is -5.39. The molecule has 5 nitrogen and oxygen atoms in total. The summed E-state index contributed by atoms with van der Waals surface area (Å²) in [5, 5.41) is 12.3. The second-order valence-electron chi connectivity index (χ2n) is 14.3. The molecule has 6 aromatic carbocycles. The maximum atomic E-state index is 6.47. The Kier molecular flexibility index (Phi) is 9.30. The number of hydrogen-bond donors (Lipinski definition) is 1. The summed E-state index contributed by atoms with van der Waals surface area (Å²) in [7, 11) is 2.29. The largest absolute Gasteiger partial charge is 0.488 e. The number of para-hydroxylation sites is 2. The summed E-state index contributed by atoms with van der Waals surface area (Å²) in [6.45, 7) is 5.97. The number of fused-ring (bicyclic) bond motifs is 8. The highest BCUT2D eigenvalue weighted by Crippen LogP contribution is 2.39. The third kappa shape index (κ3) is 6.87. The van der Waals surface area contributed by atoms with Gasteiger partial charge in [-0.05, 0) is 103 Å². The van der Waals surface area contributed by atoms with Crippen molar-refractivity contribution in [1.29, 1.82) is 0 Å². The van der Waals surface area contributed by atoms with E-state index >= 15 is 0 Å². The van der Waals surface area contributed by atoms with Gasteiger partial charge in [0, 0.05) is 52.0 Å². The number of nitrogens with one attached hydrogen (secondary N) is 1. The van der Waals surface area contributed by atoms with Crippen LogP contribution in [0.5, 0.6) is 5.75 Å². The molecule has 0 bridgehead atoms. The number of aryl methyl sites for hydroxylation is 1. The fraction of sp³-hybridized carbons (Fsp3) is 0.239. The predicted octanol–water partition coefficient (Wildman–Crippen LogP) is 10.7. The third-order valence-corrected chi connectivity index (χ3v) is 10.6. The van der Waals surface area contributed by atoms with Crippen molar-refractivity contribution in [2.24, 2.45) is 0 Å². The van der Waals surface area contributed by atoms with Gasteiger partial charge < -0.3 is 14.6 Å². The lowest BCUT2D eigenvalue weighted by atomic mass is 9.83. The maximum Gasteiger partial charge on any atom is 0.128 e. The lowest BCUT2D eigenvalue weighted by Gasteiger charge is -2.33. The van der Waals surface area contributed by atoms with Crippen LogP contribution in [0.2, 0.25) is 0 Å². The Bertz CT molecular complexity index is 2370. The van der Waals surface area contributed by atoms with Gasteiger partial charge in [-0.15, -0.1) is 0 Å². The molecule has 1 aliphatic rings. The number of ether oxygens (including phenoxy) is 1. The average Bonchev–Trinajstić information content (AvgIpc) is 3.82. The zero-order valence-electron chi connectivity index (χ0n) is 29.8. The van der Waals surface area contributed by atoms with Gasteiger partial charge >= 0.3 is 0 Å².